The second-order valence-electron chi connectivity index (χ2n) is 8.09. The van der Waals surface area contributed by atoms with Crippen LogP contribution in [0.25, 0.3) is 11.1 Å². The van der Waals surface area contributed by atoms with Gasteiger partial charge in [-0.25, -0.2) is 4.79 Å². The lowest BCUT2D eigenvalue weighted by atomic mass is 9.87. The number of carbonyl (C=O) groups excluding carboxylic acids is 1. The molecule has 0 aromatic heterocycles. The van der Waals surface area contributed by atoms with E-state index in [0.29, 0.717) is 35.9 Å². The number of allylic oxidation sites excluding steroid dienone is 1. The first-order valence-electron chi connectivity index (χ1n) is 11.9. The molecule has 0 radical (unpaired) electrons. The molecule has 0 saturated heterocycles. The zero-order valence-corrected chi connectivity index (χ0v) is 21.7. The average Bonchev–Trinajstić information content (AvgIpc) is 2.88. The SMILES string of the molecule is C=CCOc1c(CC=C)c(-c2ccc(Cl)cc2)c(C(=O)OCC)c(C)c1N(CC=C)c1ccccc1. The second kappa shape index (κ2) is 12.8. The van der Waals surface area contributed by atoms with E-state index in [-0.39, 0.29) is 6.61 Å². The van der Waals surface area contributed by atoms with Crippen LogP contribution in [0.1, 0.15) is 28.4 Å². The van der Waals surface area contributed by atoms with Gasteiger partial charge in [-0.3, -0.25) is 0 Å². The van der Waals surface area contributed by atoms with Gasteiger partial charge in [0, 0.05) is 28.4 Å². The molecule has 0 spiro atoms. The third-order valence-electron chi connectivity index (χ3n) is 5.73. The van der Waals surface area contributed by atoms with E-state index in [4.69, 9.17) is 21.1 Å². The summed E-state index contributed by atoms with van der Waals surface area (Å²) < 4.78 is 11.9. The number of ether oxygens (including phenoxy) is 2. The predicted molar refractivity (Wildman–Crippen MR) is 151 cm³/mol. The third-order valence-corrected chi connectivity index (χ3v) is 5.98. The van der Waals surface area contributed by atoms with Gasteiger partial charge >= 0.3 is 5.97 Å². The molecule has 0 N–H and O–H groups in total. The Kier molecular flexibility index (Phi) is 9.54. The molecule has 0 bridgehead atoms. The molecule has 0 heterocycles. The van der Waals surface area contributed by atoms with Gasteiger partial charge in [-0.05, 0) is 55.7 Å². The van der Waals surface area contributed by atoms with Crippen LogP contribution in [-0.4, -0.2) is 25.7 Å². The lowest BCUT2D eigenvalue weighted by Gasteiger charge is -2.31. The summed E-state index contributed by atoms with van der Waals surface area (Å²) in [6.45, 7) is 16.6. The van der Waals surface area contributed by atoms with Crippen molar-refractivity contribution in [1.82, 2.24) is 0 Å². The number of benzene rings is 3. The fourth-order valence-electron chi connectivity index (χ4n) is 4.30. The molecule has 0 saturated carbocycles. The normalized spacial score (nSPS) is 10.4. The number of para-hydroxylation sites is 1. The summed E-state index contributed by atoms with van der Waals surface area (Å²) in [6, 6.07) is 17.4. The summed E-state index contributed by atoms with van der Waals surface area (Å²) in [4.78, 5) is 15.6. The van der Waals surface area contributed by atoms with E-state index in [1.54, 1.807) is 13.0 Å². The Morgan fingerprint density at radius 3 is 2.28 bits per heavy atom. The summed E-state index contributed by atoms with van der Waals surface area (Å²) >= 11 is 6.19. The Hall–Kier alpha value is -3.76. The minimum atomic E-state index is -0.395. The van der Waals surface area contributed by atoms with Gasteiger partial charge in [-0.15, -0.1) is 13.2 Å². The molecule has 0 aliphatic carbocycles. The number of rotatable bonds is 12. The molecular formula is C31H32ClNO3. The lowest BCUT2D eigenvalue weighted by molar-refractivity contribution is 0.0526. The highest BCUT2D eigenvalue weighted by Gasteiger charge is 2.30. The van der Waals surface area contributed by atoms with Crippen molar-refractivity contribution in [3.63, 3.8) is 0 Å². The Bertz CT molecular complexity index is 1230. The van der Waals surface area contributed by atoms with Crippen LogP contribution < -0.4 is 9.64 Å². The number of hydrogen-bond donors (Lipinski definition) is 0. The second-order valence-corrected chi connectivity index (χ2v) is 8.52. The molecule has 4 nitrogen and oxygen atoms in total. The van der Waals surface area contributed by atoms with Gasteiger partial charge in [0.15, 0.2) is 0 Å². The van der Waals surface area contributed by atoms with Crippen molar-refractivity contribution < 1.29 is 14.3 Å². The Labute approximate surface area is 219 Å². The first kappa shape index (κ1) is 26.8. The van der Waals surface area contributed by atoms with Crippen LogP contribution in [0.15, 0.2) is 92.6 Å². The van der Waals surface area contributed by atoms with Crippen molar-refractivity contribution in [2.75, 3.05) is 24.7 Å². The fraction of sp³-hybridized carbons (Fsp3) is 0.194. The summed E-state index contributed by atoms with van der Waals surface area (Å²) in [5.41, 5.74) is 5.38. The molecule has 0 amide bonds. The molecule has 3 rings (SSSR count). The van der Waals surface area contributed by atoms with Crippen LogP contribution in [0.5, 0.6) is 5.75 Å². The van der Waals surface area contributed by atoms with Gasteiger partial charge < -0.3 is 14.4 Å². The largest absolute Gasteiger partial charge is 0.487 e. The summed E-state index contributed by atoms with van der Waals surface area (Å²) in [5.74, 6) is 0.268. The average molecular weight is 502 g/mol. The first-order valence-corrected chi connectivity index (χ1v) is 12.3. The minimum Gasteiger partial charge on any atom is -0.487 e. The fourth-order valence-corrected chi connectivity index (χ4v) is 4.43. The van der Waals surface area contributed by atoms with Crippen LogP contribution >= 0.6 is 11.6 Å². The summed E-state index contributed by atoms with van der Waals surface area (Å²) in [5, 5.41) is 0.611. The molecule has 0 fully saturated rings. The van der Waals surface area contributed by atoms with Crippen LogP contribution in [0.4, 0.5) is 11.4 Å². The number of anilines is 2. The molecule has 5 heteroatoms. The van der Waals surface area contributed by atoms with E-state index in [2.05, 4.69) is 24.6 Å². The van der Waals surface area contributed by atoms with Gasteiger partial charge in [0.1, 0.15) is 12.4 Å². The number of nitrogens with zero attached hydrogens (tertiary/aromatic N) is 1. The van der Waals surface area contributed by atoms with Crippen LogP contribution in [0.2, 0.25) is 5.02 Å². The van der Waals surface area contributed by atoms with Crippen molar-refractivity contribution in [3.05, 3.63) is 114 Å². The summed E-state index contributed by atoms with van der Waals surface area (Å²) in [7, 11) is 0. The van der Waals surface area contributed by atoms with Crippen molar-refractivity contribution in [2.24, 2.45) is 0 Å². The molecule has 36 heavy (non-hydrogen) atoms. The van der Waals surface area contributed by atoms with Crippen molar-refractivity contribution in [3.8, 4) is 16.9 Å². The van der Waals surface area contributed by atoms with E-state index in [1.165, 1.54) is 0 Å². The van der Waals surface area contributed by atoms with Gasteiger partial charge in [0.05, 0.1) is 17.9 Å². The zero-order valence-electron chi connectivity index (χ0n) is 20.9. The van der Waals surface area contributed by atoms with Crippen LogP contribution in [0, 0.1) is 6.92 Å². The Morgan fingerprint density at radius 1 is 1.00 bits per heavy atom. The molecule has 3 aromatic rings. The summed E-state index contributed by atoms with van der Waals surface area (Å²) in [6.07, 6.45) is 5.82. The zero-order chi connectivity index (χ0) is 26.1. The van der Waals surface area contributed by atoms with Crippen LogP contribution in [-0.2, 0) is 11.2 Å². The highest BCUT2D eigenvalue weighted by atomic mass is 35.5. The van der Waals surface area contributed by atoms with Gasteiger partial charge in [0.2, 0.25) is 0 Å². The third kappa shape index (κ3) is 5.72. The van der Waals surface area contributed by atoms with E-state index < -0.39 is 5.97 Å². The van der Waals surface area contributed by atoms with Gasteiger partial charge in [-0.2, -0.15) is 0 Å². The van der Waals surface area contributed by atoms with Gasteiger partial charge in [-0.1, -0.05) is 66.7 Å². The first-order chi connectivity index (χ1) is 17.5. The quantitative estimate of drug-likeness (QED) is 0.185. The number of halogens is 1. The molecule has 0 unspecified atom stereocenters. The molecule has 0 aliphatic heterocycles. The smallest absolute Gasteiger partial charge is 0.339 e. The Morgan fingerprint density at radius 2 is 1.69 bits per heavy atom. The maximum atomic E-state index is 13.5. The van der Waals surface area contributed by atoms with E-state index in [0.717, 1.165) is 33.6 Å². The Balaban J connectivity index is 2.51. The number of esters is 1. The molecule has 0 atom stereocenters. The van der Waals surface area contributed by atoms with E-state index in [9.17, 15) is 4.79 Å². The topological polar surface area (TPSA) is 38.8 Å². The molecular weight excluding hydrogens is 470 g/mol. The highest BCUT2D eigenvalue weighted by molar-refractivity contribution is 6.30. The van der Waals surface area contributed by atoms with E-state index >= 15 is 0 Å². The molecule has 3 aromatic carbocycles. The van der Waals surface area contributed by atoms with Gasteiger partial charge in [0.25, 0.3) is 0 Å². The number of hydrogen-bond acceptors (Lipinski definition) is 4. The maximum absolute atomic E-state index is 13.5. The molecule has 0 aliphatic rings. The standard InChI is InChI=1S/C31H32ClNO3/c1-6-13-26-28(23-16-18-24(32)19-17-23)27(31(34)35-9-4)22(5)29(30(26)36-21-8-3)33(20-7-2)25-14-11-10-12-15-25/h6-8,10-12,14-19H,1-3,9,13,20-21H2,4-5H3. The highest BCUT2D eigenvalue weighted by Crippen LogP contribution is 2.47. The number of carbonyl (C=O) groups is 1. The monoisotopic (exact) mass is 501 g/mol. The minimum absolute atomic E-state index is 0.258. The van der Waals surface area contributed by atoms with E-state index in [1.807, 2.05) is 73.7 Å². The maximum Gasteiger partial charge on any atom is 0.339 e. The van der Waals surface area contributed by atoms with Crippen LogP contribution in [0.3, 0.4) is 0 Å². The van der Waals surface area contributed by atoms with Crippen molar-refractivity contribution in [2.45, 2.75) is 20.3 Å². The van der Waals surface area contributed by atoms with Crippen molar-refractivity contribution >= 4 is 28.9 Å². The molecule has 186 valence electrons. The van der Waals surface area contributed by atoms with Crippen molar-refractivity contribution in [1.29, 1.82) is 0 Å². The predicted octanol–water partition coefficient (Wildman–Crippen LogP) is 8.11. The lowest BCUT2D eigenvalue weighted by Crippen LogP contribution is -2.22.